The van der Waals surface area contributed by atoms with Crippen LogP contribution in [-0.2, 0) is 33.3 Å². The lowest BCUT2D eigenvalue weighted by atomic mass is 10.0. The molecule has 1 N–H and O–H groups in total. The number of esters is 2. The van der Waals surface area contributed by atoms with Gasteiger partial charge in [-0.3, -0.25) is 9.59 Å². The molecule has 0 spiro atoms. The van der Waals surface area contributed by atoms with Crippen LogP contribution in [0.25, 0.3) is 0 Å². The molecule has 0 rings (SSSR count). The van der Waals surface area contributed by atoms with E-state index in [-0.39, 0.29) is 38.2 Å². The van der Waals surface area contributed by atoms with Gasteiger partial charge in [-0.25, -0.2) is 4.79 Å². The van der Waals surface area contributed by atoms with Crippen LogP contribution in [-0.4, -0.2) is 87.4 Å². The van der Waals surface area contributed by atoms with E-state index in [1.807, 2.05) is 21.1 Å². The largest absolute Gasteiger partial charge is 0.477 e. The Kier molecular flexibility index (Phi) is 76.3. The van der Waals surface area contributed by atoms with Crippen LogP contribution in [0.4, 0.5) is 0 Å². The Hall–Kier alpha value is -3.01. The number of carbonyl (C=O) groups excluding carboxylic acids is 2. The van der Waals surface area contributed by atoms with Crippen molar-refractivity contribution in [2.24, 2.45) is 0 Å². The summed E-state index contributed by atoms with van der Waals surface area (Å²) in [4.78, 5) is 37.8. The standard InChI is InChI=1S/C88H163NO8/c1-6-8-10-12-14-16-18-20-22-24-26-28-30-32-34-36-38-40-41-42-43-44-45-47-48-50-52-54-56-58-60-62-64-66-68-70-72-74-76-78-85(90)95-82-84(83-96-88(87(92)93)94-81-80-89(3,4)5)97-86(91)79-77-75-73-71-69-67-65-63-61-59-57-55-53-51-49-46-39-37-35-33-31-29-27-25-23-21-19-17-15-13-11-9-7-2/h18-21,24-27,31,33,84,88H,6-17,22-23,28-30,32,34-83H2,1-5H3/p+1/b20-18-,21-19-,26-24-,27-25-,33-31-. The molecule has 0 aliphatic heterocycles. The SMILES string of the molecule is CCCCCCC/C=C\C/C=C\C/C=C\CCCCCCCCCCCCCCCCCCCCC(=O)OC(COC(=O)CCCCCCCCCCCCCCCCCCCCCCCCCCCCC/C=C\C/C=C\CCCCCCC)COC(OCC[N+](C)(C)C)C(=O)O. The van der Waals surface area contributed by atoms with E-state index in [9.17, 15) is 19.5 Å². The molecule has 0 aliphatic rings. The van der Waals surface area contributed by atoms with Crippen molar-refractivity contribution in [2.45, 2.75) is 437 Å². The number of quaternary nitrogens is 1. The Morgan fingerprint density at radius 3 is 0.825 bits per heavy atom. The topological polar surface area (TPSA) is 108 Å². The van der Waals surface area contributed by atoms with E-state index in [2.05, 4.69) is 74.6 Å². The summed E-state index contributed by atoms with van der Waals surface area (Å²) in [6.45, 7) is 4.93. The highest BCUT2D eigenvalue weighted by atomic mass is 16.7. The van der Waals surface area contributed by atoms with Crippen LogP contribution in [0.15, 0.2) is 60.8 Å². The number of unbranched alkanes of at least 4 members (excludes halogenated alkanes) is 55. The van der Waals surface area contributed by atoms with Crippen molar-refractivity contribution in [3.05, 3.63) is 60.8 Å². The molecule has 9 heteroatoms. The summed E-state index contributed by atoms with van der Waals surface area (Å²) in [5.41, 5.74) is 0. The molecule has 2 unspecified atom stereocenters. The van der Waals surface area contributed by atoms with Crippen molar-refractivity contribution in [1.82, 2.24) is 0 Å². The van der Waals surface area contributed by atoms with Gasteiger partial charge in [-0.05, 0) is 83.5 Å². The van der Waals surface area contributed by atoms with Crippen LogP contribution in [0.2, 0.25) is 0 Å². The Morgan fingerprint density at radius 2 is 0.557 bits per heavy atom. The highest BCUT2D eigenvalue weighted by Gasteiger charge is 2.25. The van der Waals surface area contributed by atoms with Crippen molar-refractivity contribution < 1.29 is 42.9 Å². The average molecular weight is 1360 g/mol. The monoisotopic (exact) mass is 1360 g/mol. The third-order valence-electron chi connectivity index (χ3n) is 19.2. The van der Waals surface area contributed by atoms with Crippen LogP contribution in [0, 0.1) is 0 Å². The van der Waals surface area contributed by atoms with Crippen molar-refractivity contribution in [1.29, 1.82) is 0 Å². The van der Waals surface area contributed by atoms with E-state index < -0.39 is 18.4 Å². The van der Waals surface area contributed by atoms with Gasteiger partial charge in [0.05, 0.1) is 34.4 Å². The smallest absolute Gasteiger partial charge is 0.361 e. The second-order valence-corrected chi connectivity index (χ2v) is 30.1. The van der Waals surface area contributed by atoms with Crippen molar-refractivity contribution in [2.75, 3.05) is 47.5 Å². The van der Waals surface area contributed by atoms with Crippen molar-refractivity contribution >= 4 is 17.9 Å². The van der Waals surface area contributed by atoms with E-state index >= 15 is 0 Å². The Bertz CT molecular complexity index is 1780. The normalized spacial score (nSPS) is 12.9. The van der Waals surface area contributed by atoms with Gasteiger partial charge in [-0.2, -0.15) is 0 Å². The zero-order chi connectivity index (χ0) is 70.4. The minimum atomic E-state index is -1.51. The van der Waals surface area contributed by atoms with Crippen LogP contribution in [0.5, 0.6) is 0 Å². The molecule has 0 bridgehead atoms. The molecular formula is C88H164NO8+. The van der Waals surface area contributed by atoms with Gasteiger partial charge in [0.1, 0.15) is 13.2 Å². The fourth-order valence-electron chi connectivity index (χ4n) is 12.8. The summed E-state index contributed by atoms with van der Waals surface area (Å²) >= 11 is 0. The molecule has 0 aromatic heterocycles. The number of ether oxygens (including phenoxy) is 4. The minimum Gasteiger partial charge on any atom is -0.477 e. The summed E-state index contributed by atoms with van der Waals surface area (Å²) < 4.78 is 23.1. The third-order valence-corrected chi connectivity index (χ3v) is 19.2. The van der Waals surface area contributed by atoms with Gasteiger partial charge in [0.25, 0.3) is 6.29 Å². The maximum absolute atomic E-state index is 13.0. The molecule has 0 saturated carbocycles. The molecule has 97 heavy (non-hydrogen) atoms. The van der Waals surface area contributed by atoms with Gasteiger partial charge in [0.2, 0.25) is 0 Å². The van der Waals surface area contributed by atoms with E-state index in [0.717, 1.165) is 57.8 Å². The highest BCUT2D eigenvalue weighted by molar-refractivity contribution is 5.71. The first-order chi connectivity index (χ1) is 47.6. The summed E-state index contributed by atoms with van der Waals surface area (Å²) in [6, 6.07) is 0. The number of carboxylic acid groups (broad SMARTS) is 1. The molecule has 0 aliphatic carbocycles. The Morgan fingerprint density at radius 1 is 0.309 bits per heavy atom. The zero-order valence-electron chi connectivity index (χ0n) is 65.3. The molecule has 0 aromatic rings. The van der Waals surface area contributed by atoms with Crippen LogP contribution < -0.4 is 0 Å². The molecule has 0 fully saturated rings. The molecule has 9 nitrogen and oxygen atoms in total. The van der Waals surface area contributed by atoms with Gasteiger partial charge >= 0.3 is 17.9 Å². The van der Waals surface area contributed by atoms with Gasteiger partial charge in [-0.1, -0.05) is 389 Å². The Balaban J connectivity index is 3.94. The minimum absolute atomic E-state index is 0.177. The number of carboxylic acids is 1. The van der Waals surface area contributed by atoms with E-state index in [0.29, 0.717) is 17.4 Å². The molecule has 2 atom stereocenters. The van der Waals surface area contributed by atoms with E-state index in [1.165, 1.54) is 340 Å². The fraction of sp³-hybridized carbons (Fsp3) is 0.852. The van der Waals surface area contributed by atoms with Crippen LogP contribution >= 0.6 is 0 Å². The van der Waals surface area contributed by atoms with Crippen molar-refractivity contribution in [3.63, 3.8) is 0 Å². The number of nitrogens with zero attached hydrogens (tertiary/aromatic N) is 1. The summed E-state index contributed by atoms with van der Waals surface area (Å²) in [7, 11) is 6.00. The molecular weight excluding hydrogens is 1200 g/mol. The zero-order valence-corrected chi connectivity index (χ0v) is 65.3. The predicted molar refractivity (Wildman–Crippen MR) is 420 cm³/mol. The van der Waals surface area contributed by atoms with Gasteiger partial charge < -0.3 is 28.5 Å². The number of carbonyl (C=O) groups is 3. The Labute approximate surface area is 603 Å². The fourth-order valence-corrected chi connectivity index (χ4v) is 12.8. The number of likely N-dealkylation sites (N-methyl/N-ethyl adjacent to an activating group) is 1. The second kappa shape index (κ2) is 78.7. The number of aliphatic carboxylic acids is 1. The molecule has 0 saturated heterocycles. The highest BCUT2D eigenvalue weighted by Crippen LogP contribution is 2.20. The summed E-state index contributed by atoms with van der Waals surface area (Å²) in [5, 5.41) is 9.78. The number of hydrogen-bond donors (Lipinski definition) is 1. The molecule has 0 radical (unpaired) electrons. The molecule has 0 heterocycles. The molecule has 568 valence electrons. The summed E-state index contributed by atoms with van der Waals surface area (Å²) in [6.07, 6.45) is 103. The second-order valence-electron chi connectivity index (χ2n) is 30.1. The summed E-state index contributed by atoms with van der Waals surface area (Å²) in [5.74, 6) is -1.97. The van der Waals surface area contributed by atoms with E-state index in [1.54, 1.807) is 0 Å². The molecule has 0 amide bonds. The first-order valence-corrected chi connectivity index (χ1v) is 42.5. The lowest BCUT2D eigenvalue weighted by molar-refractivity contribution is -0.870. The number of hydrogen-bond acceptors (Lipinski definition) is 7. The number of allylic oxidation sites excluding steroid dienone is 10. The van der Waals surface area contributed by atoms with Crippen LogP contribution in [0.3, 0.4) is 0 Å². The quantitative estimate of drug-likeness (QED) is 0.0211. The molecule has 0 aromatic carbocycles. The van der Waals surface area contributed by atoms with Crippen LogP contribution in [0.1, 0.15) is 425 Å². The first kappa shape index (κ1) is 94.0. The van der Waals surface area contributed by atoms with Crippen molar-refractivity contribution in [3.8, 4) is 0 Å². The van der Waals surface area contributed by atoms with E-state index in [4.69, 9.17) is 18.9 Å². The predicted octanol–water partition coefficient (Wildman–Crippen LogP) is 27.4. The lowest BCUT2D eigenvalue weighted by Gasteiger charge is -2.25. The van der Waals surface area contributed by atoms with Gasteiger partial charge in [-0.15, -0.1) is 0 Å². The average Bonchev–Trinajstić information content (AvgIpc) is 2.59. The third kappa shape index (κ3) is 80.2. The van der Waals surface area contributed by atoms with Gasteiger partial charge in [0, 0.05) is 12.8 Å². The maximum Gasteiger partial charge on any atom is 0.361 e. The first-order valence-electron chi connectivity index (χ1n) is 42.5. The number of rotatable bonds is 80. The van der Waals surface area contributed by atoms with Gasteiger partial charge in [0.15, 0.2) is 6.10 Å². The maximum atomic E-state index is 13.0. The lowest BCUT2D eigenvalue weighted by Crippen LogP contribution is -2.40.